The van der Waals surface area contributed by atoms with Crippen molar-refractivity contribution in [2.24, 2.45) is 0 Å². The average molecular weight is 441 g/mol. The number of anilines is 2. The molecule has 7 heteroatoms. The van der Waals surface area contributed by atoms with E-state index in [4.69, 9.17) is 12.2 Å². The van der Waals surface area contributed by atoms with Crippen LogP contribution in [0.25, 0.3) is 5.69 Å². The molecule has 0 unspecified atom stereocenters. The smallest absolute Gasteiger partial charge is 0.174 e. The van der Waals surface area contributed by atoms with E-state index in [-0.39, 0.29) is 12.1 Å². The van der Waals surface area contributed by atoms with Gasteiger partial charge in [0.2, 0.25) is 0 Å². The van der Waals surface area contributed by atoms with E-state index in [9.17, 15) is 0 Å². The Labute approximate surface area is 193 Å². The zero-order valence-corrected chi connectivity index (χ0v) is 18.8. The van der Waals surface area contributed by atoms with Crippen molar-refractivity contribution in [3.05, 3.63) is 103 Å². The molecule has 2 atom stereocenters. The number of thiocarbonyl (C=S) groups is 1. The van der Waals surface area contributed by atoms with Gasteiger partial charge in [0.15, 0.2) is 5.11 Å². The van der Waals surface area contributed by atoms with Crippen molar-refractivity contribution in [1.29, 1.82) is 0 Å². The summed E-state index contributed by atoms with van der Waals surface area (Å²) in [5.41, 5.74) is 5.25. The summed E-state index contributed by atoms with van der Waals surface area (Å²) in [6.07, 6.45) is 7.55. The number of nitrogens with one attached hydrogen (secondary N) is 1. The maximum Gasteiger partial charge on any atom is 0.174 e. The molecule has 1 aromatic carbocycles. The van der Waals surface area contributed by atoms with Crippen LogP contribution in [0.15, 0.2) is 91.5 Å². The van der Waals surface area contributed by atoms with Crippen LogP contribution in [0.2, 0.25) is 0 Å². The Morgan fingerprint density at radius 2 is 1.75 bits per heavy atom. The summed E-state index contributed by atoms with van der Waals surface area (Å²) in [4.78, 5) is 13.2. The molecule has 1 aliphatic heterocycles. The minimum atomic E-state index is -0.0949. The SMILES string of the molecule is CN(C)c1ccc(N2C(=S)N[C@H](c3ccccn3)[C@@H]2c2cccn2-c2cccnc2)cc1. The van der Waals surface area contributed by atoms with E-state index in [0.717, 1.165) is 28.5 Å². The molecule has 6 nitrogen and oxygen atoms in total. The predicted molar refractivity (Wildman–Crippen MR) is 132 cm³/mol. The van der Waals surface area contributed by atoms with Gasteiger partial charge in [0.25, 0.3) is 0 Å². The van der Waals surface area contributed by atoms with Crippen LogP contribution < -0.4 is 15.1 Å². The topological polar surface area (TPSA) is 49.2 Å². The van der Waals surface area contributed by atoms with Crippen molar-refractivity contribution in [2.45, 2.75) is 12.1 Å². The molecule has 1 fully saturated rings. The lowest BCUT2D eigenvalue weighted by molar-refractivity contribution is 0.549. The highest BCUT2D eigenvalue weighted by molar-refractivity contribution is 7.80. The fraction of sp³-hybridized carbons (Fsp3) is 0.160. The van der Waals surface area contributed by atoms with E-state index in [1.807, 2.05) is 50.8 Å². The van der Waals surface area contributed by atoms with Gasteiger partial charge in [0, 0.05) is 49.8 Å². The largest absolute Gasteiger partial charge is 0.378 e. The molecule has 5 rings (SSSR count). The lowest BCUT2D eigenvalue weighted by Crippen LogP contribution is -2.30. The monoisotopic (exact) mass is 440 g/mol. The second-order valence-corrected chi connectivity index (χ2v) is 8.31. The third-order valence-electron chi connectivity index (χ3n) is 5.75. The number of nitrogens with zero attached hydrogens (tertiary/aromatic N) is 5. The van der Waals surface area contributed by atoms with Crippen LogP contribution in [0, 0.1) is 0 Å². The standard InChI is InChI=1S/C25H24N6S/c1-29(2)18-10-12-19(13-11-18)31-24(23(28-25(31)32)21-8-3-4-15-27-21)22-9-6-16-30(22)20-7-5-14-26-17-20/h3-17,23-24H,1-2H3,(H,28,32)/t23-,24+/m1/s1. The highest BCUT2D eigenvalue weighted by Gasteiger charge is 2.42. The predicted octanol–water partition coefficient (Wildman–Crippen LogP) is 4.51. The van der Waals surface area contributed by atoms with Gasteiger partial charge in [0.05, 0.1) is 23.6 Å². The molecule has 0 saturated carbocycles. The minimum Gasteiger partial charge on any atom is -0.378 e. The van der Waals surface area contributed by atoms with Crippen LogP contribution in [0.3, 0.4) is 0 Å². The molecule has 4 aromatic rings. The Morgan fingerprint density at radius 1 is 0.906 bits per heavy atom. The van der Waals surface area contributed by atoms with E-state index in [0.29, 0.717) is 5.11 Å². The van der Waals surface area contributed by atoms with Gasteiger partial charge in [-0.1, -0.05) is 6.07 Å². The molecule has 0 radical (unpaired) electrons. The second kappa shape index (κ2) is 8.43. The van der Waals surface area contributed by atoms with Crippen LogP contribution in [0.5, 0.6) is 0 Å². The molecule has 32 heavy (non-hydrogen) atoms. The van der Waals surface area contributed by atoms with Gasteiger partial charge in [-0.15, -0.1) is 0 Å². The summed E-state index contributed by atoms with van der Waals surface area (Å²) in [7, 11) is 4.08. The van der Waals surface area contributed by atoms with Crippen molar-refractivity contribution in [3.63, 3.8) is 0 Å². The zero-order chi connectivity index (χ0) is 22.1. The summed E-state index contributed by atoms with van der Waals surface area (Å²) in [6.45, 7) is 0. The lowest BCUT2D eigenvalue weighted by atomic mass is 10.0. The number of hydrogen-bond acceptors (Lipinski definition) is 4. The van der Waals surface area contributed by atoms with Gasteiger partial charge in [0.1, 0.15) is 6.04 Å². The molecular weight excluding hydrogens is 416 g/mol. The molecule has 0 bridgehead atoms. The number of benzene rings is 1. The Hall–Kier alpha value is -3.71. The summed E-state index contributed by atoms with van der Waals surface area (Å²) in [5, 5.41) is 4.21. The molecule has 160 valence electrons. The summed E-state index contributed by atoms with van der Waals surface area (Å²) in [5.74, 6) is 0. The van der Waals surface area contributed by atoms with Crippen LogP contribution >= 0.6 is 12.2 Å². The van der Waals surface area contributed by atoms with Crippen molar-refractivity contribution < 1.29 is 0 Å². The Balaban J connectivity index is 1.64. The third kappa shape index (κ3) is 3.61. The highest BCUT2D eigenvalue weighted by atomic mass is 32.1. The number of aromatic nitrogens is 3. The zero-order valence-electron chi connectivity index (χ0n) is 18.0. The van der Waals surface area contributed by atoms with E-state index in [1.165, 1.54) is 0 Å². The molecule has 1 saturated heterocycles. The molecule has 1 aliphatic rings. The van der Waals surface area contributed by atoms with Crippen LogP contribution in [0.4, 0.5) is 11.4 Å². The first kappa shape index (κ1) is 20.2. The fourth-order valence-electron chi connectivity index (χ4n) is 4.21. The van der Waals surface area contributed by atoms with Crippen LogP contribution in [-0.4, -0.2) is 33.7 Å². The maximum atomic E-state index is 5.85. The van der Waals surface area contributed by atoms with Crippen molar-refractivity contribution in [2.75, 3.05) is 23.9 Å². The van der Waals surface area contributed by atoms with Gasteiger partial charge in [-0.2, -0.15) is 0 Å². The van der Waals surface area contributed by atoms with Gasteiger partial charge in [-0.05, 0) is 72.9 Å². The second-order valence-electron chi connectivity index (χ2n) is 7.92. The Morgan fingerprint density at radius 3 is 2.44 bits per heavy atom. The summed E-state index contributed by atoms with van der Waals surface area (Å²) >= 11 is 5.85. The van der Waals surface area contributed by atoms with Gasteiger partial charge >= 0.3 is 0 Å². The van der Waals surface area contributed by atoms with Crippen molar-refractivity contribution in [3.8, 4) is 5.69 Å². The van der Waals surface area contributed by atoms with E-state index >= 15 is 0 Å². The first-order valence-corrected chi connectivity index (χ1v) is 10.9. The first-order chi connectivity index (χ1) is 15.6. The summed E-state index contributed by atoms with van der Waals surface area (Å²) in [6, 6.07) is 22.5. The van der Waals surface area contributed by atoms with Crippen LogP contribution in [-0.2, 0) is 0 Å². The molecule has 3 aromatic heterocycles. The van der Waals surface area contributed by atoms with Gasteiger partial charge < -0.3 is 19.7 Å². The lowest BCUT2D eigenvalue weighted by Gasteiger charge is -2.29. The quantitative estimate of drug-likeness (QED) is 0.461. The molecule has 0 spiro atoms. The van der Waals surface area contributed by atoms with Gasteiger partial charge in [-0.3, -0.25) is 9.97 Å². The Bertz CT molecular complexity index is 1200. The highest BCUT2D eigenvalue weighted by Crippen LogP contribution is 2.42. The summed E-state index contributed by atoms with van der Waals surface area (Å²) < 4.78 is 2.17. The molecule has 0 amide bonds. The first-order valence-electron chi connectivity index (χ1n) is 10.5. The Kier molecular flexibility index (Phi) is 5.33. The van der Waals surface area contributed by atoms with E-state index < -0.39 is 0 Å². The molecule has 0 aliphatic carbocycles. The number of rotatable bonds is 5. The maximum absolute atomic E-state index is 5.85. The molecule has 1 N–H and O–H groups in total. The van der Waals surface area contributed by atoms with E-state index in [2.05, 4.69) is 78.3 Å². The third-order valence-corrected chi connectivity index (χ3v) is 6.06. The number of pyridine rings is 2. The van der Waals surface area contributed by atoms with Gasteiger partial charge in [-0.25, -0.2) is 0 Å². The minimum absolute atomic E-state index is 0.0854. The normalized spacial score (nSPS) is 17.9. The van der Waals surface area contributed by atoms with Crippen LogP contribution in [0.1, 0.15) is 23.5 Å². The van der Waals surface area contributed by atoms with E-state index in [1.54, 1.807) is 6.20 Å². The molecular formula is C25H24N6S. The van der Waals surface area contributed by atoms with Crippen molar-refractivity contribution >= 4 is 28.7 Å². The molecule has 4 heterocycles. The van der Waals surface area contributed by atoms with Crippen molar-refractivity contribution in [1.82, 2.24) is 19.9 Å². The fourth-order valence-corrected chi connectivity index (χ4v) is 4.56. The average Bonchev–Trinajstić information content (AvgIpc) is 3.44. The number of hydrogen-bond donors (Lipinski definition) is 1.